The number of rotatable bonds is 6. The van der Waals surface area contributed by atoms with Crippen LogP contribution < -0.4 is 4.74 Å². The Morgan fingerprint density at radius 1 is 1.18 bits per heavy atom. The summed E-state index contributed by atoms with van der Waals surface area (Å²) in [7, 11) is -1.01. The predicted octanol–water partition coefficient (Wildman–Crippen LogP) is 4.30. The topological polar surface area (TPSA) is 31.4 Å². The van der Waals surface area contributed by atoms with Gasteiger partial charge in [-0.2, -0.15) is 0 Å². The van der Waals surface area contributed by atoms with Gasteiger partial charge in [-0.15, -0.1) is 0 Å². The van der Waals surface area contributed by atoms with Crippen molar-refractivity contribution in [2.45, 2.75) is 25.7 Å². The van der Waals surface area contributed by atoms with Crippen molar-refractivity contribution in [1.82, 2.24) is 4.98 Å². The highest BCUT2D eigenvalue weighted by atomic mass is 79.9. The van der Waals surface area contributed by atoms with Crippen molar-refractivity contribution in [3.63, 3.8) is 0 Å². The summed E-state index contributed by atoms with van der Waals surface area (Å²) in [5, 5.41) is 0. The lowest BCUT2D eigenvalue weighted by molar-refractivity contribution is 0.0219. The van der Waals surface area contributed by atoms with Crippen molar-refractivity contribution in [2.75, 3.05) is 13.4 Å². The first-order chi connectivity index (χ1) is 7.87. The normalized spacial score (nSPS) is 11.6. The van der Waals surface area contributed by atoms with Crippen LogP contribution in [0.1, 0.15) is 0 Å². The first-order valence-electron chi connectivity index (χ1n) is 5.40. The number of aromatic nitrogens is 1. The van der Waals surface area contributed by atoms with Crippen LogP contribution in [0.2, 0.25) is 25.7 Å². The molecule has 1 rings (SSSR count). The predicted molar refractivity (Wildman–Crippen MR) is 79.2 cm³/mol. The largest absolute Gasteiger partial charge is 0.467 e. The molecule has 17 heavy (non-hydrogen) atoms. The fourth-order valence-corrected chi connectivity index (χ4v) is 2.90. The summed E-state index contributed by atoms with van der Waals surface area (Å²) in [6, 6.07) is 4.78. The standard InChI is InChI=1S/C11H17Br2NO2Si/c1-17(2,3)5-4-15-8-16-9-6-10(12)14-11(13)7-9/h6-7H,4-5,8H2,1-3H3. The van der Waals surface area contributed by atoms with Gasteiger partial charge in [0.15, 0.2) is 6.79 Å². The third kappa shape index (κ3) is 7.18. The van der Waals surface area contributed by atoms with Crippen LogP contribution in [0.3, 0.4) is 0 Å². The fourth-order valence-electron chi connectivity index (χ4n) is 1.07. The summed E-state index contributed by atoms with van der Waals surface area (Å²) in [6.07, 6.45) is 0. The summed E-state index contributed by atoms with van der Waals surface area (Å²) in [5.41, 5.74) is 0. The zero-order valence-electron chi connectivity index (χ0n) is 10.3. The van der Waals surface area contributed by atoms with E-state index in [1.807, 2.05) is 12.1 Å². The fraction of sp³-hybridized carbons (Fsp3) is 0.545. The van der Waals surface area contributed by atoms with Crippen LogP contribution in [-0.2, 0) is 4.74 Å². The van der Waals surface area contributed by atoms with Crippen molar-refractivity contribution in [2.24, 2.45) is 0 Å². The molecular formula is C11H17Br2NO2Si. The van der Waals surface area contributed by atoms with Crippen LogP contribution in [0.25, 0.3) is 0 Å². The van der Waals surface area contributed by atoms with E-state index in [1.54, 1.807) is 0 Å². The molecule has 0 saturated heterocycles. The maximum Gasteiger partial charge on any atom is 0.189 e. The molecule has 96 valence electrons. The maximum atomic E-state index is 5.48. The van der Waals surface area contributed by atoms with Crippen molar-refractivity contribution in [1.29, 1.82) is 0 Å². The summed E-state index contributed by atoms with van der Waals surface area (Å²) in [5.74, 6) is 0.742. The van der Waals surface area contributed by atoms with Gasteiger partial charge in [-0.25, -0.2) is 4.98 Å². The minimum Gasteiger partial charge on any atom is -0.467 e. The van der Waals surface area contributed by atoms with Gasteiger partial charge in [0.25, 0.3) is 0 Å². The molecule has 0 bridgehead atoms. The summed E-state index contributed by atoms with van der Waals surface area (Å²) in [6.45, 7) is 8.04. The molecule has 0 amide bonds. The lowest BCUT2D eigenvalue weighted by Crippen LogP contribution is -2.22. The van der Waals surface area contributed by atoms with E-state index >= 15 is 0 Å². The lowest BCUT2D eigenvalue weighted by atomic mass is 10.5. The van der Waals surface area contributed by atoms with E-state index < -0.39 is 8.07 Å². The summed E-state index contributed by atoms with van der Waals surface area (Å²) in [4.78, 5) is 4.13. The zero-order valence-corrected chi connectivity index (χ0v) is 14.5. The van der Waals surface area contributed by atoms with Gasteiger partial charge in [0, 0.05) is 26.8 Å². The number of ether oxygens (including phenoxy) is 2. The first kappa shape index (κ1) is 15.1. The number of nitrogens with zero attached hydrogens (tertiary/aromatic N) is 1. The van der Waals surface area contributed by atoms with Crippen molar-refractivity contribution in [3.05, 3.63) is 21.3 Å². The van der Waals surface area contributed by atoms with E-state index in [0.717, 1.165) is 27.6 Å². The Hall–Kier alpha value is 0.0869. The third-order valence-electron chi connectivity index (χ3n) is 2.04. The van der Waals surface area contributed by atoms with Crippen LogP contribution in [0.4, 0.5) is 0 Å². The van der Waals surface area contributed by atoms with Crippen LogP contribution in [0, 0.1) is 0 Å². The number of hydrogen-bond acceptors (Lipinski definition) is 3. The minimum atomic E-state index is -1.01. The second kappa shape index (κ2) is 6.87. The highest BCUT2D eigenvalue weighted by Gasteiger charge is 2.11. The third-order valence-corrected chi connectivity index (χ3v) is 4.56. The average Bonchev–Trinajstić information content (AvgIpc) is 2.13. The van der Waals surface area contributed by atoms with Gasteiger partial charge >= 0.3 is 0 Å². The Morgan fingerprint density at radius 3 is 2.29 bits per heavy atom. The molecule has 0 unspecified atom stereocenters. The van der Waals surface area contributed by atoms with Gasteiger partial charge in [0.1, 0.15) is 15.0 Å². The molecule has 0 N–H and O–H groups in total. The summed E-state index contributed by atoms with van der Waals surface area (Å²) < 4.78 is 12.4. The molecule has 0 radical (unpaired) electrons. The lowest BCUT2D eigenvalue weighted by Gasteiger charge is -2.15. The second-order valence-electron chi connectivity index (χ2n) is 4.93. The molecule has 0 aliphatic carbocycles. The zero-order chi connectivity index (χ0) is 12.9. The highest BCUT2D eigenvalue weighted by Crippen LogP contribution is 2.21. The molecular weight excluding hydrogens is 366 g/mol. The van der Waals surface area contributed by atoms with E-state index in [9.17, 15) is 0 Å². The first-order valence-corrected chi connectivity index (χ1v) is 10.7. The number of halogens is 2. The summed E-state index contributed by atoms with van der Waals surface area (Å²) >= 11 is 6.61. The molecule has 0 aliphatic heterocycles. The SMILES string of the molecule is C[Si](C)(C)CCOCOc1cc(Br)nc(Br)c1. The van der Waals surface area contributed by atoms with Crippen LogP contribution in [0.15, 0.2) is 21.3 Å². The second-order valence-corrected chi connectivity index (χ2v) is 12.2. The van der Waals surface area contributed by atoms with Gasteiger partial charge in [-0.3, -0.25) is 0 Å². The molecule has 0 saturated carbocycles. The van der Waals surface area contributed by atoms with Gasteiger partial charge in [0.05, 0.1) is 0 Å². The Labute approximate surface area is 120 Å². The Balaban J connectivity index is 2.27. The smallest absolute Gasteiger partial charge is 0.189 e. The van der Waals surface area contributed by atoms with Crippen molar-refractivity contribution >= 4 is 39.9 Å². The molecule has 1 heterocycles. The molecule has 6 heteroatoms. The van der Waals surface area contributed by atoms with E-state index in [4.69, 9.17) is 9.47 Å². The van der Waals surface area contributed by atoms with Crippen molar-refractivity contribution in [3.8, 4) is 5.75 Å². The molecule has 0 aliphatic rings. The minimum absolute atomic E-state index is 0.285. The number of hydrogen-bond donors (Lipinski definition) is 0. The van der Waals surface area contributed by atoms with Crippen LogP contribution in [0.5, 0.6) is 5.75 Å². The molecule has 1 aromatic rings. The van der Waals surface area contributed by atoms with E-state index in [2.05, 4.69) is 56.5 Å². The van der Waals surface area contributed by atoms with Gasteiger partial charge in [0.2, 0.25) is 0 Å². The van der Waals surface area contributed by atoms with E-state index in [0.29, 0.717) is 0 Å². The molecule has 0 atom stereocenters. The Kier molecular flexibility index (Phi) is 6.12. The Morgan fingerprint density at radius 2 is 1.76 bits per heavy atom. The highest BCUT2D eigenvalue weighted by molar-refractivity contribution is 9.11. The molecule has 1 aromatic heterocycles. The molecule has 0 aromatic carbocycles. The molecule has 3 nitrogen and oxygen atoms in total. The average molecular weight is 383 g/mol. The molecule has 0 spiro atoms. The van der Waals surface area contributed by atoms with Crippen molar-refractivity contribution < 1.29 is 9.47 Å². The van der Waals surface area contributed by atoms with E-state index in [-0.39, 0.29) is 6.79 Å². The van der Waals surface area contributed by atoms with Crippen LogP contribution in [-0.4, -0.2) is 26.5 Å². The number of pyridine rings is 1. The van der Waals surface area contributed by atoms with Gasteiger partial charge in [-0.1, -0.05) is 19.6 Å². The van der Waals surface area contributed by atoms with Crippen LogP contribution >= 0.6 is 31.9 Å². The maximum absolute atomic E-state index is 5.48. The quantitative estimate of drug-likeness (QED) is 0.318. The monoisotopic (exact) mass is 381 g/mol. The Bertz CT molecular complexity index is 349. The van der Waals surface area contributed by atoms with Gasteiger partial charge < -0.3 is 9.47 Å². The van der Waals surface area contributed by atoms with E-state index in [1.165, 1.54) is 0 Å². The van der Waals surface area contributed by atoms with Gasteiger partial charge in [-0.05, 0) is 37.9 Å². The molecule has 0 fully saturated rings.